The molecular formula is C28H33N5O. The highest BCUT2D eigenvalue weighted by molar-refractivity contribution is 6.06. The summed E-state index contributed by atoms with van der Waals surface area (Å²) in [6, 6.07) is 15.8. The van der Waals surface area contributed by atoms with Gasteiger partial charge in [0.05, 0.1) is 12.2 Å². The minimum atomic E-state index is 0.0217. The van der Waals surface area contributed by atoms with Gasteiger partial charge in [0.15, 0.2) is 11.6 Å². The van der Waals surface area contributed by atoms with Crippen molar-refractivity contribution in [1.82, 2.24) is 20.4 Å². The Morgan fingerprint density at radius 1 is 0.941 bits per heavy atom. The minimum Gasteiger partial charge on any atom is -0.303 e. The summed E-state index contributed by atoms with van der Waals surface area (Å²) in [5.74, 6) is 7.76. The van der Waals surface area contributed by atoms with E-state index in [9.17, 15) is 4.79 Å². The number of hydrogen-bond acceptors (Lipinski definition) is 5. The van der Waals surface area contributed by atoms with Gasteiger partial charge in [0.1, 0.15) is 0 Å². The first kappa shape index (κ1) is 26.4. The van der Waals surface area contributed by atoms with Crippen LogP contribution >= 0.6 is 0 Å². The van der Waals surface area contributed by atoms with E-state index in [1.54, 1.807) is 6.92 Å². The highest BCUT2D eigenvalue weighted by Crippen LogP contribution is 2.26. The maximum absolute atomic E-state index is 12.8. The molecule has 176 valence electrons. The van der Waals surface area contributed by atoms with Crippen LogP contribution in [0, 0.1) is 18.8 Å². The van der Waals surface area contributed by atoms with E-state index in [2.05, 4.69) is 46.1 Å². The van der Waals surface area contributed by atoms with Crippen LogP contribution in [0.1, 0.15) is 69.4 Å². The van der Waals surface area contributed by atoms with E-state index in [0.29, 0.717) is 18.2 Å². The van der Waals surface area contributed by atoms with Gasteiger partial charge >= 0.3 is 0 Å². The topological polar surface area (TPSA) is 71.9 Å². The van der Waals surface area contributed by atoms with Crippen molar-refractivity contribution in [2.24, 2.45) is 0 Å². The fraction of sp³-hybridized carbons (Fsp3) is 0.321. The molecule has 6 nitrogen and oxygen atoms in total. The standard InChI is InChI=1S/C20H17NO.C5H8N4.C3H8/c1-3-15(2)20(22)21-14-18-10-5-4-8-16(18)12-13-17-9-6-7-11-19(17)21;1-3-5-8-6-4(2)7-9-5;1-3-2/h3-11H,14H2,1-2H3;3H2,1-2H3;3H2,1-2H3. The molecule has 0 N–H and O–H groups in total. The molecule has 0 saturated carbocycles. The Bertz CT molecular complexity index is 1170. The molecule has 0 atom stereocenters. The zero-order chi connectivity index (χ0) is 24.9. The fourth-order valence-corrected chi connectivity index (χ4v) is 2.94. The summed E-state index contributed by atoms with van der Waals surface area (Å²) in [4.78, 5) is 14.6. The van der Waals surface area contributed by atoms with Crippen molar-refractivity contribution in [3.05, 3.63) is 88.5 Å². The third-order valence-electron chi connectivity index (χ3n) is 4.82. The van der Waals surface area contributed by atoms with E-state index < -0.39 is 0 Å². The number of rotatable bonds is 2. The van der Waals surface area contributed by atoms with Gasteiger partial charge in [-0.2, -0.15) is 0 Å². The molecular weight excluding hydrogens is 422 g/mol. The molecule has 1 amide bonds. The third kappa shape index (κ3) is 7.35. The number of carbonyl (C=O) groups is 1. The molecule has 2 heterocycles. The zero-order valence-electron chi connectivity index (χ0n) is 21.0. The summed E-state index contributed by atoms with van der Waals surface area (Å²) in [5, 5.41) is 15.0. The predicted octanol–water partition coefficient (Wildman–Crippen LogP) is 5.45. The van der Waals surface area contributed by atoms with Gasteiger partial charge < -0.3 is 4.90 Å². The number of hydrogen-bond donors (Lipinski definition) is 0. The molecule has 1 aliphatic heterocycles. The second-order valence-electron chi connectivity index (χ2n) is 7.71. The molecule has 0 unspecified atom stereocenters. The summed E-state index contributed by atoms with van der Waals surface area (Å²) in [6.07, 6.45) is 3.89. The van der Waals surface area contributed by atoms with Gasteiger partial charge in [0.25, 0.3) is 5.91 Å². The van der Waals surface area contributed by atoms with Gasteiger partial charge in [-0.05, 0) is 44.5 Å². The summed E-state index contributed by atoms with van der Waals surface area (Å²) in [6.45, 7) is 12.2. The number of nitrogens with zero attached hydrogens (tertiary/aromatic N) is 5. The molecule has 34 heavy (non-hydrogen) atoms. The van der Waals surface area contributed by atoms with Gasteiger partial charge in [-0.15, -0.1) is 20.4 Å². The van der Waals surface area contributed by atoms with Crippen LogP contribution in [0.25, 0.3) is 0 Å². The van der Waals surface area contributed by atoms with Crippen LogP contribution in [0.15, 0.2) is 60.2 Å². The number of carbonyl (C=O) groups excluding carboxylic acids is 1. The highest BCUT2D eigenvalue weighted by Gasteiger charge is 2.21. The van der Waals surface area contributed by atoms with E-state index in [-0.39, 0.29) is 5.91 Å². The highest BCUT2D eigenvalue weighted by atomic mass is 16.2. The number of fused-ring (bicyclic) bond motifs is 2. The second-order valence-corrected chi connectivity index (χ2v) is 7.71. The van der Waals surface area contributed by atoms with Crippen LogP contribution in [0.5, 0.6) is 0 Å². The number of amides is 1. The Morgan fingerprint density at radius 3 is 2.12 bits per heavy atom. The van der Waals surface area contributed by atoms with Crippen molar-refractivity contribution < 1.29 is 4.79 Å². The molecule has 0 fully saturated rings. The number of aromatic nitrogens is 4. The van der Waals surface area contributed by atoms with Crippen LogP contribution in [-0.4, -0.2) is 26.3 Å². The molecule has 1 aromatic heterocycles. The van der Waals surface area contributed by atoms with Crippen molar-refractivity contribution in [3.63, 3.8) is 0 Å². The first-order chi connectivity index (χ1) is 16.4. The quantitative estimate of drug-likeness (QED) is 0.379. The van der Waals surface area contributed by atoms with E-state index in [4.69, 9.17) is 0 Å². The molecule has 0 saturated heterocycles. The van der Waals surface area contributed by atoms with Crippen molar-refractivity contribution in [3.8, 4) is 11.8 Å². The van der Waals surface area contributed by atoms with Gasteiger partial charge in [-0.1, -0.05) is 75.4 Å². The largest absolute Gasteiger partial charge is 0.303 e. The predicted molar refractivity (Wildman–Crippen MR) is 137 cm³/mol. The number of benzene rings is 2. The van der Waals surface area contributed by atoms with Crippen LogP contribution in [0.3, 0.4) is 0 Å². The van der Waals surface area contributed by atoms with E-state index in [0.717, 1.165) is 34.4 Å². The van der Waals surface area contributed by atoms with Crippen LogP contribution in [0.2, 0.25) is 0 Å². The summed E-state index contributed by atoms with van der Waals surface area (Å²) in [5.41, 5.74) is 4.54. The molecule has 0 radical (unpaired) electrons. The first-order valence-corrected chi connectivity index (χ1v) is 11.6. The molecule has 3 aromatic rings. The van der Waals surface area contributed by atoms with Gasteiger partial charge in [0, 0.05) is 23.1 Å². The maximum atomic E-state index is 12.8. The van der Waals surface area contributed by atoms with Gasteiger partial charge in [-0.25, -0.2) is 0 Å². The Balaban J connectivity index is 0.000000283. The number of allylic oxidation sites excluding steroid dienone is 1. The van der Waals surface area contributed by atoms with Crippen molar-refractivity contribution in [2.45, 2.75) is 60.9 Å². The molecule has 0 spiro atoms. The van der Waals surface area contributed by atoms with Gasteiger partial charge in [0.2, 0.25) is 0 Å². The van der Waals surface area contributed by atoms with E-state index in [1.807, 2.05) is 80.3 Å². The summed E-state index contributed by atoms with van der Waals surface area (Å²) < 4.78 is 0. The zero-order valence-corrected chi connectivity index (χ0v) is 21.0. The molecule has 2 aromatic carbocycles. The van der Waals surface area contributed by atoms with Crippen molar-refractivity contribution >= 4 is 11.6 Å². The molecule has 1 aliphatic rings. The smallest absolute Gasteiger partial charge is 0.253 e. The summed E-state index contributed by atoms with van der Waals surface area (Å²) >= 11 is 0. The summed E-state index contributed by atoms with van der Waals surface area (Å²) in [7, 11) is 0. The lowest BCUT2D eigenvalue weighted by Crippen LogP contribution is -2.32. The first-order valence-electron chi connectivity index (χ1n) is 11.6. The van der Waals surface area contributed by atoms with E-state index >= 15 is 0 Å². The SMILES string of the molecule is CC=C(C)C(=O)N1Cc2ccccc2C#Cc2ccccc21.CCC.CCc1nnc(C)nn1. The Labute approximate surface area is 203 Å². The lowest BCUT2D eigenvalue weighted by Gasteiger charge is -2.26. The molecule has 0 aliphatic carbocycles. The number of anilines is 1. The molecule has 6 heteroatoms. The Kier molecular flexibility index (Phi) is 10.6. The lowest BCUT2D eigenvalue weighted by molar-refractivity contribution is -0.115. The Hall–Kier alpha value is -3.85. The second kappa shape index (κ2) is 13.6. The van der Waals surface area contributed by atoms with Crippen LogP contribution < -0.4 is 4.90 Å². The number of aryl methyl sites for hydroxylation is 2. The average Bonchev–Trinajstić information content (AvgIpc) is 2.86. The average molecular weight is 456 g/mol. The van der Waals surface area contributed by atoms with Crippen molar-refractivity contribution in [2.75, 3.05) is 4.90 Å². The normalized spacial score (nSPS) is 11.6. The third-order valence-corrected chi connectivity index (χ3v) is 4.82. The fourth-order valence-electron chi connectivity index (χ4n) is 2.94. The minimum absolute atomic E-state index is 0.0217. The maximum Gasteiger partial charge on any atom is 0.253 e. The monoisotopic (exact) mass is 455 g/mol. The van der Waals surface area contributed by atoms with Gasteiger partial charge in [-0.3, -0.25) is 4.79 Å². The molecule has 0 bridgehead atoms. The van der Waals surface area contributed by atoms with Crippen LogP contribution in [-0.2, 0) is 17.8 Å². The lowest BCUT2D eigenvalue weighted by atomic mass is 10.0. The van der Waals surface area contributed by atoms with Crippen molar-refractivity contribution in [1.29, 1.82) is 0 Å². The molecule has 4 rings (SSSR count). The van der Waals surface area contributed by atoms with Crippen LogP contribution in [0.4, 0.5) is 5.69 Å². The number of para-hydroxylation sites is 1. The Morgan fingerprint density at radius 2 is 1.50 bits per heavy atom. The van der Waals surface area contributed by atoms with E-state index in [1.165, 1.54) is 6.42 Å².